The highest BCUT2D eigenvalue weighted by Gasteiger charge is 2.43. The highest BCUT2D eigenvalue weighted by Crippen LogP contribution is 2.40. The molecule has 2 rings (SSSR count). The molecule has 2 nitrogen and oxygen atoms in total. The molecule has 1 N–H and O–H groups in total. The Morgan fingerprint density at radius 3 is 2.33 bits per heavy atom. The number of benzene rings is 1. The molecule has 1 saturated carbocycles. The van der Waals surface area contributed by atoms with Gasteiger partial charge in [0.25, 0.3) is 0 Å². The lowest BCUT2D eigenvalue weighted by molar-refractivity contribution is 0.0826. The van der Waals surface area contributed by atoms with Crippen molar-refractivity contribution in [2.24, 2.45) is 5.41 Å². The summed E-state index contributed by atoms with van der Waals surface area (Å²) in [6.07, 6.45) is 5.12. The number of Topliss-reactive ketones (excluding diaryl/α,β-unsaturated/α-hetero) is 1. The Kier molecular flexibility index (Phi) is 4.12. The zero-order valence-electron chi connectivity index (χ0n) is 10.7. The number of carbonyl (C=O) groups is 1. The molecule has 0 heterocycles. The van der Waals surface area contributed by atoms with Gasteiger partial charge in [0.2, 0.25) is 0 Å². The zero-order chi connectivity index (χ0) is 13.0. The molecule has 0 saturated heterocycles. The predicted octanol–water partition coefficient (Wildman–Crippen LogP) is 3.37. The van der Waals surface area contributed by atoms with E-state index in [4.69, 9.17) is 12.2 Å². The summed E-state index contributed by atoms with van der Waals surface area (Å²) in [4.78, 5) is 13.5. The quantitative estimate of drug-likeness (QED) is 0.668. The molecule has 1 aliphatic carbocycles. The molecule has 0 bridgehead atoms. The lowest BCUT2D eigenvalue weighted by atomic mass is 9.69. The van der Waals surface area contributed by atoms with E-state index in [1.54, 1.807) is 0 Å². The van der Waals surface area contributed by atoms with Crippen molar-refractivity contribution in [3.8, 4) is 0 Å². The molecule has 3 heteroatoms. The summed E-state index contributed by atoms with van der Waals surface area (Å²) in [5, 5.41) is 3.04. The van der Waals surface area contributed by atoms with Gasteiger partial charge in [-0.05, 0) is 12.8 Å². The van der Waals surface area contributed by atoms with Gasteiger partial charge in [0.1, 0.15) is 0 Å². The van der Waals surface area contributed by atoms with Crippen LogP contribution in [0, 0.1) is 5.41 Å². The summed E-state index contributed by atoms with van der Waals surface area (Å²) in [5.41, 5.74) is 0.306. The fourth-order valence-electron chi connectivity index (χ4n) is 2.82. The normalized spacial score (nSPS) is 18.1. The predicted molar refractivity (Wildman–Crippen MR) is 77.9 cm³/mol. The Morgan fingerprint density at radius 1 is 1.17 bits per heavy atom. The number of hydrogen-bond acceptors (Lipinski definition) is 2. The number of hydrogen-bond donors (Lipinski definition) is 1. The van der Waals surface area contributed by atoms with Crippen molar-refractivity contribution < 1.29 is 4.79 Å². The molecule has 0 unspecified atom stereocenters. The van der Waals surface area contributed by atoms with Gasteiger partial charge in [-0.25, -0.2) is 0 Å². The molecule has 96 valence electrons. The third-order valence-electron chi connectivity index (χ3n) is 3.84. The van der Waals surface area contributed by atoms with Gasteiger partial charge >= 0.3 is 0 Å². The average molecular weight is 261 g/mol. The largest absolute Gasteiger partial charge is 0.382 e. The van der Waals surface area contributed by atoms with Crippen LogP contribution in [0.3, 0.4) is 0 Å². The van der Waals surface area contributed by atoms with E-state index < -0.39 is 5.41 Å². The highest BCUT2D eigenvalue weighted by atomic mass is 32.1. The van der Waals surface area contributed by atoms with Crippen LogP contribution < -0.4 is 5.32 Å². The summed E-state index contributed by atoms with van der Waals surface area (Å²) >= 11 is 5.43. The van der Waals surface area contributed by atoms with E-state index in [0.29, 0.717) is 4.99 Å². The highest BCUT2D eigenvalue weighted by molar-refractivity contribution is 7.80. The molecule has 18 heavy (non-hydrogen) atoms. The van der Waals surface area contributed by atoms with Gasteiger partial charge < -0.3 is 5.32 Å². The van der Waals surface area contributed by atoms with Gasteiger partial charge in [-0.3, -0.25) is 4.79 Å². The van der Waals surface area contributed by atoms with Crippen LogP contribution in [-0.2, 0) is 0 Å². The summed E-state index contributed by atoms with van der Waals surface area (Å²) in [6, 6.07) is 9.52. The molecule has 0 aliphatic heterocycles. The van der Waals surface area contributed by atoms with Gasteiger partial charge in [-0.1, -0.05) is 61.8 Å². The topological polar surface area (TPSA) is 29.1 Å². The smallest absolute Gasteiger partial charge is 0.175 e. The molecule has 0 radical (unpaired) electrons. The van der Waals surface area contributed by atoms with Gasteiger partial charge in [0.05, 0.1) is 10.4 Å². The minimum atomic E-state index is -0.469. The first-order valence-electron chi connectivity index (χ1n) is 6.53. The van der Waals surface area contributed by atoms with E-state index in [-0.39, 0.29) is 5.78 Å². The molecule has 1 aromatic rings. The van der Waals surface area contributed by atoms with Crippen molar-refractivity contribution in [1.82, 2.24) is 5.32 Å². The summed E-state index contributed by atoms with van der Waals surface area (Å²) in [5.74, 6) is 0.183. The van der Waals surface area contributed by atoms with Gasteiger partial charge in [-0.15, -0.1) is 0 Å². The van der Waals surface area contributed by atoms with Crippen molar-refractivity contribution in [1.29, 1.82) is 0 Å². The molecule has 1 aromatic carbocycles. The maximum atomic E-state index is 12.8. The van der Waals surface area contributed by atoms with E-state index in [0.717, 1.165) is 31.2 Å². The van der Waals surface area contributed by atoms with Crippen LogP contribution in [0.15, 0.2) is 30.3 Å². The van der Waals surface area contributed by atoms with Gasteiger partial charge in [0, 0.05) is 12.6 Å². The van der Waals surface area contributed by atoms with Crippen molar-refractivity contribution in [3.63, 3.8) is 0 Å². The maximum Gasteiger partial charge on any atom is 0.175 e. The van der Waals surface area contributed by atoms with E-state index in [1.165, 1.54) is 6.42 Å². The average Bonchev–Trinajstić information content (AvgIpc) is 2.47. The van der Waals surface area contributed by atoms with E-state index in [2.05, 4.69) is 5.32 Å². The Labute approximate surface area is 114 Å². The zero-order valence-corrected chi connectivity index (χ0v) is 11.6. The van der Waals surface area contributed by atoms with E-state index >= 15 is 0 Å². The second-order valence-electron chi connectivity index (χ2n) is 4.92. The first kappa shape index (κ1) is 13.2. The molecule has 0 aromatic heterocycles. The third kappa shape index (κ3) is 2.32. The summed E-state index contributed by atoms with van der Waals surface area (Å²) in [6.45, 7) is 0. The van der Waals surface area contributed by atoms with Crippen molar-refractivity contribution in [2.45, 2.75) is 32.1 Å². The first-order chi connectivity index (χ1) is 8.70. The Balaban J connectivity index is 2.35. The van der Waals surface area contributed by atoms with Gasteiger partial charge in [0.15, 0.2) is 5.78 Å². The Morgan fingerprint density at radius 2 is 1.78 bits per heavy atom. The Hall–Kier alpha value is -1.22. The minimum absolute atomic E-state index is 0.183. The maximum absolute atomic E-state index is 12.8. The second-order valence-corrected chi connectivity index (χ2v) is 5.33. The number of nitrogens with one attached hydrogen (secondary N) is 1. The van der Waals surface area contributed by atoms with Crippen LogP contribution in [0.25, 0.3) is 0 Å². The van der Waals surface area contributed by atoms with Crippen molar-refractivity contribution in [3.05, 3.63) is 35.9 Å². The lowest BCUT2D eigenvalue weighted by Crippen LogP contribution is -2.45. The van der Waals surface area contributed by atoms with Crippen molar-refractivity contribution >= 4 is 23.0 Å². The molecule has 0 amide bonds. The fraction of sp³-hybridized carbons (Fsp3) is 0.467. The fourth-order valence-corrected chi connectivity index (χ4v) is 3.11. The molecule has 1 fully saturated rings. The van der Waals surface area contributed by atoms with E-state index in [1.807, 2.05) is 37.4 Å². The van der Waals surface area contributed by atoms with Gasteiger partial charge in [-0.2, -0.15) is 0 Å². The number of rotatable bonds is 3. The van der Waals surface area contributed by atoms with Crippen LogP contribution >= 0.6 is 12.2 Å². The standard InChI is InChI=1S/C15H19NOS/c1-16-14(18)15(10-6-3-7-11-15)13(17)12-8-4-2-5-9-12/h2,4-5,8-9H,3,6-7,10-11H2,1H3,(H,16,18). The molecule has 1 aliphatic rings. The number of thiocarbonyl (C=S) groups is 1. The van der Waals surface area contributed by atoms with E-state index in [9.17, 15) is 4.79 Å². The summed E-state index contributed by atoms with van der Waals surface area (Å²) < 4.78 is 0. The minimum Gasteiger partial charge on any atom is -0.382 e. The first-order valence-corrected chi connectivity index (χ1v) is 6.93. The monoisotopic (exact) mass is 261 g/mol. The van der Waals surface area contributed by atoms with Crippen LogP contribution in [0.5, 0.6) is 0 Å². The van der Waals surface area contributed by atoms with Crippen LogP contribution in [0.2, 0.25) is 0 Å². The lowest BCUT2D eigenvalue weighted by Gasteiger charge is -2.36. The second kappa shape index (κ2) is 5.61. The molecular weight excluding hydrogens is 242 g/mol. The Bertz CT molecular complexity index is 435. The van der Waals surface area contributed by atoms with Crippen LogP contribution in [-0.4, -0.2) is 17.8 Å². The molecule has 0 spiro atoms. The number of ketones is 1. The molecular formula is C15H19NOS. The number of carbonyl (C=O) groups excluding carboxylic acids is 1. The molecule has 0 atom stereocenters. The van der Waals surface area contributed by atoms with Crippen molar-refractivity contribution in [2.75, 3.05) is 7.05 Å². The van der Waals surface area contributed by atoms with Crippen LogP contribution in [0.1, 0.15) is 42.5 Å². The van der Waals surface area contributed by atoms with Crippen LogP contribution in [0.4, 0.5) is 0 Å². The SMILES string of the molecule is CNC(=S)C1(C(=O)c2ccccc2)CCCCC1. The third-order valence-corrected chi connectivity index (χ3v) is 4.43. The summed E-state index contributed by atoms with van der Waals surface area (Å²) in [7, 11) is 1.82.